The predicted octanol–water partition coefficient (Wildman–Crippen LogP) is 4.70. The van der Waals surface area contributed by atoms with Crippen LogP contribution in [0.4, 0.5) is 13.2 Å². The molecule has 1 N–H and O–H groups in total. The van der Waals surface area contributed by atoms with E-state index in [0.29, 0.717) is 66.7 Å². The first kappa shape index (κ1) is 28.5. The molecule has 7 nitrogen and oxygen atoms in total. The Morgan fingerprint density at radius 2 is 1.70 bits per heavy atom. The van der Waals surface area contributed by atoms with Gasteiger partial charge in [0.15, 0.2) is 0 Å². The topological polar surface area (TPSA) is 78.4 Å². The molecule has 3 atom stereocenters. The fourth-order valence-electron chi connectivity index (χ4n) is 6.68. The highest BCUT2D eigenvalue weighted by molar-refractivity contribution is 5.96. The Labute approximate surface area is 233 Å². The van der Waals surface area contributed by atoms with Crippen LogP contribution in [0.2, 0.25) is 0 Å². The van der Waals surface area contributed by atoms with Crippen LogP contribution < -0.4 is 5.32 Å². The van der Waals surface area contributed by atoms with Gasteiger partial charge in [-0.15, -0.1) is 0 Å². The summed E-state index contributed by atoms with van der Waals surface area (Å²) in [4.78, 5) is 38.8. The predicted molar refractivity (Wildman–Crippen MR) is 144 cm³/mol. The van der Waals surface area contributed by atoms with Gasteiger partial charge < -0.3 is 15.1 Å². The molecule has 0 bridgehead atoms. The van der Waals surface area contributed by atoms with Gasteiger partial charge in [0.05, 0.1) is 23.0 Å². The summed E-state index contributed by atoms with van der Waals surface area (Å²) >= 11 is 0. The highest BCUT2D eigenvalue weighted by Gasteiger charge is 2.42. The van der Waals surface area contributed by atoms with Crippen LogP contribution >= 0.6 is 0 Å². The Morgan fingerprint density at radius 3 is 2.33 bits per heavy atom. The Kier molecular flexibility index (Phi) is 8.44. The minimum atomic E-state index is -2.62. The zero-order chi connectivity index (χ0) is 28.4. The average molecular weight is 558 g/mol. The molecule has 216 valence electrons. The number of halogens is 3. The number of nitrogens with zero attached hydrogens (tertiary/aromatic N) is 4. The van der Waals surface area contributed by atoms with Gasteiger partial charge in [0.2, 0.25) is 11.8 Å². The van der Waals surface area contributed by atoms with E-state index < -0.39 is 5.92 Å². The third-order valence-electron chi connectivity index (χ3n) is 8.92. The van der Waals surface area contributed by atoms with Crippen LogP contribution in [0.5, 0.6) is 0 Å². The summed E-state index contributed by atoms with van der Waals surface area (Å²) in [6.45, 7) is 7.50. The van der Waals surface area contributed by atoms with E-state index in [-0.39, 0.29) is 48.9 Å². The monoisotopic (exact) mass is 557 g/mol. The van der Waals surface area contributed by atoms with E-state index in [4.69, 9.17) is 0 Å². The van der Waals surface area contributed by atoms with Gasteiger partial charge in [-0.05, 0) is 68.6 Å². The minimum absolute atomic E-state index is 0.00730. The summed E-state index contributed by atoms with van der Waals surface area (Å²) in [6, 6.07) is 5.92. The number of likely N-dealkylation sites (tertiary alicyclic amines) is 2. The van der Waals surface area contributed by atoms with Crippen molar-refractivity contribution in [3.8, 4) is 0 Å². The molecular weight excluding hydrogens is 519 g/mol. The molecule has 2 saturated heterocycles. The highest BCUT2D eigenvalue weighted by atomic mass is 19.3. The summed E-state index contributed by atoms with van der Waals surface area (Å²) in [6.07, 6.45) is 2.66. The Hall–Kier alpha value is -3.01. The number of fused-ring (bicyclic) bond motifs is 1. The number of nitrogens with one attached hydrogen (secondary N) is 1. The first-order valence-electron chi connectivity index (χ1n) is 14.3. The van der Waals surface area contributed by atoms with Gasteiger partial charge in [0.25, 0.3) is 5.91 Å². The van der Waals surface area contributed by atoms with E-state index in [9.17, 15) is 22.8 Å². The van der Waals surface area contributed by atoms with Crippen molar-refractivity contribution in [1.29, 1.82) is 0 Å². The fourth-order valence-corrected chi connectivity index (χ4v) is 6.68. The Balaban J connectivity index is 1.16. The van der Waals surface area contributed by atoms with Crippen LogP contribution in [-0.2, 0) is 4.79 Å². The molecule has 1 saturated carbocycles. The summed E-state index contributed by atoms with van der Waals surface area (Å²) in [7, 11) is 0. The first-order valence-corrected chi connectivity index (χ1v) is 14.3. The van der Waals surface area contributed by atoms with Crippen molar-refractivity contribution < 1.29 is 22.8 Å². The number of carbonyl (C=O) groups is 2. The van der Waals surface area contributed by atoms with Crippen molar-refractivity contribution in [2.75, 3.05) is 32.7 Å². The molecule has 3 fully saturated rings. The third-order valence-corrected chi connectivity index (χ3v) is 8.92. The molecular formula is C30H38F3N5O2. The largest absolute Gasteiger partial charge is 0.349 e. The van der Waals surface area contributed by atoms with Crippen LogP contribution in [0.25, 0.3) is 0 Å². The molecule has 5 rings (SSSR count). The van der Waals surface area contributed by atoms with Crippen molar-refractivity contribution in [2.45, 2.75) is 64.3 Å². The second-order valence-electron chi connectivity index (χ2n) is 11.9. The maximum Gasteiger partial charge on any atom is 0.257 e. The molecule has 2 amide bonds. The lowest BCUT2D eigenvalue weighted by Gasteiger charge is -2.29. The van der Waals surface area contributed by atoms with Gasteiger partial charge in [-0.1, -0.05) is 12.1 Å². The quantitative estimate of drug-likeness (QED) is 0.509. The summed E-state index contributed by atoms with van der Waals surface area (Å²) in [5.74, 6) is -2.46. The number of alkyl halides is 2. The van der Waals surface area contributed by atoms with Crippen LogP contribution in [0.3, 0.4) is 0 Å². The number of carbonyl (C=O) groups excluding carboxylic acids is 2. The minimum Gasteiger partial charge on any atom is -0.349 e. The number of benzene rings is 1. The summed E-state index contributed by atoms with van der Waals surface area (Å²) < 4.78 is 41.1. The molecule has 40 heavy (non-hydrogen) atoms. The molecule has 1 aromatic carbocycles. The number of rotatable bonds is 8. The van der Waals surface area contributed by atoms with E-state index in [1.807, 2.05) is 24.8 Å². The fraction of sp³-hybridized carbons (Fsp3) is 0.600. The molecule has 0 spiro atoms. The van der Waals surface area contributed by atoms with Gasteiger partial charge in [-0.25, -0.2) is 23.1 Å². The molecule has 1 aromatic heterocycles. The molecule has 0 radical (unpaired) electrons. The van der Waals surface area contributed by atoms with E-state index in [0.717, 1.165) is 19.6 Å². The SMILES string of the molecule is Cc1ncnc(C)c1C(=O)N1CC2CN(CC[C@H](NC(=O)CC3CCC(F)(F)CC3)c3cccc(F)c3)CC2C1. The smallest absolute Gasteiger partial charge is 0.257 e. The summed E-state index contributed by atoms with van der Waals surface area (Å²) in [5.41, 5.74) is 2.69. The van der Waals surface area contributed by atoms with Crippen molar-refractivity contribution >= 4 is 11.8 Å². The zero-order valence-electron chi connectivity index (χ0n) is 23.2. The zero-order valence-corrected chi connectivity index (χ0v) is 23.2. The molecule has 2 aliphatic heterocycles. The maximum atomic E-state index is 14.0. The number of hydrogen-bond acceptors (Lipinski definition) is 5. The lowest BCUT2D eigenvalue weighted by Crippen LogP contribution is -2.36. The van der Waals surface area contributed by atoms with E-state index >= 15 is 0 Å². The molecule has 3 heterocycles. The normalized spacial score (nSPS) is 23.7. The van der Waals surface area contributed by atoms with Gasteiger partial charge in [0, 0.05) is 52.0 Å². The van der Waals surface area contributed by atoms with Crippen molar-refractivity contribution in [2.24, 2.45) is 17.8 Å². The lowest BCUT2D eigenvalue weighted by molar-refractivity contribution is -0.124. The van der Waals surface area contributed by atoms with Crippen LogP contribution in [0.1, 0.15) is 71.9 Å². The average Bonchev–Trinajstić information content (AvgIpc) is 3.47. The lowest BCUT2D eigenvalue weighted by atomic mass is 9.84. The first-order chi connectivity index (χ1) is 19.1. The second kappa shape index (κ2) is 11.8. The van der Waals surface area contributed by atoms with Crippen molar-refractivity contribution in [1.82, 2.24) is 25.1 Å². The maximum absolute atomic E-state index is 14.0. The second-order valence-corrected chi connectivity index (χ2v) is 11.9. The van der Waals surface area contributed by atoms with Crippen LogP contribution in [0, 0.1) is 37.4 Å². The number of aryl methyl sites for hydroxylation is 2. The Bertz CT molecular complexity index is 1200. The van der Waals surface area contributed by atoms with Crippen molar-refractivity contribution in [3.63, 3.8) is 0 Å². The molecule has 3 aliphatic rings. The van der Waals surface area contributed by atoms with Crippen molar-refractivity contribution in [3.05, 3.63) is 58.9 Å². The van der Waals surface area contributed by atoms with E-state index in [1.54, 1.807) is 6.07 Å². The summed E-state index contributed by atoms with van der Waals surface area (Å²) in [5, 5.41) is 3.07. The third kappa shape index (κ3) is 6.65. The van der Waals surface area contributed by atoms with Gasteiger partial charge in [0.1, 0.15) is 12.1 Å². The number of aromatic nitrogens is 2. The molecule has 2 aromatic rings. The number of amides is 2. The van der Waals surface area contributed by atoms with Crippen LogP contribution in [-0.4, -0.2) is 70.2 Å². The van der Waals surface area contributed by atoms with Gasteiger partial charge in [-0.2, -0.15) is 0 Å². The molecule has 2 unspecified atom stereocenters. The van der Waals surface area contributed by atoms with Gasteiger partial charge in [-0.3, -0.25) is 9.59 Å². The van der Waals surface area contributed by atoms with E-state index in [1.165, 1.54) is 18.5 Å². The molecule has 1 aliphatic carbocycles. The standard InChI is InChI=1S/C30H38F3N5O2/c1-19-28(20(2)35-18-34-19)29(40)38-16-23-14-37(15-24(23)17-38)11-8-26(22-4-3-5-25(31)13-22)36-27(39)12-21-6-9-30(32,33)10-7-21/h3-5,13,18,21,23-24,26H,6-12,14-17H2,1-2H3,(H,36,39)/t23?,24?,26-/m0/s1. The van der Waals surface area contributed by atoms with Gasteiger partial charge >= 0.3 is 0 Å². The highest BCUT2D eigenvalue weighted by Crippen LogP contribution is 2.38. The number of hydrogen-bond donors (Lipinski definition) is 1. The van der Waals surface area contributed by atoms with Crippen LogP contribution in [0.15, 0.2) is 30.6 Å². The molecule has 10 heteroatoms. The Morgan fingerprint density at radius 1 is 1.05 bits per heavy atom. The van der Waals surface area contributed by atoms with E-state index in [2.05, 4.69) is 20.2 Å².